The van der Waals surface area contributed by atoms with E-state index in [1.807, 2.05) is 0 Å². The summed E-state index contributed by atoms with van der Waals surface area (Å²) < 4.78 is 25.9. The van der Waals surface area contributed by atoms with Crippen LogP contribution in [0.5, 0.6) is 0 Å². The standard InChI is InChI=1S/12C6H5.H3O4P.4Pd/c12*1-2-4-6-5-3-1;1-5(2,3)4;;;;/h12*1-5H;(H3,1,2,3,4);;;;/p-3. The molecule has 0 heterocycles. The van der Waals surface area contributed by atoms with E-state index >= 15 is 0 Å². The van der Waals surface area contributed by atoms with Gasteiger partial charge in [0.1, 0.15) is 0 Å². The van der Waals surface area contributed by atoms with Crippen molar-refractivity contribution >= 4 is 56.3 Å². The molecule has 0 bridgehead atoms. The molecule has 0 aliphatic heterocycles. The topological polar surface area (TPSA) is 86.2 Å². The number of phosphoric acid groups is 1. The summed E-state index contributed by atoms with van der Waals surface area (Å²) in [7, 11) is -5.39. The quantitative estimate of drug-likeness (QED) is 0.0938. The first kappa shape index (κ1) is 60.5. The number of benzene rings is 12. The zero-order valence-corrected chi connectivity index (χ0v) is 51.1. The third kappa shape index (κ3) is 19.8. The molecule has 420 valence electrons. The molecule has 0 radical (unpaired) electrons. The van der Waals surface area contributed by atoms with Gasteiger partial charge in [0.05, 0.1) is 0 Å². The van der Waals surface area contributed by atoms with Gasteiger partial charge in [-0.1, -0.05) is 0 Å². The molecule has 0 spiro atoms. The fraction of sp³-hybridized carbons (Fsp3) is 0. The molecule has 9 heteroatoms. The molecule has 81 heavy (non-hydrogen) atoms. The number of hydrogen-bond acceptors (Lipinski definition) is 4. The van der Waals surface area contributed by atoms with Gasteiger partial charge >= 0.3 is 479 Å². The fourth-order valence-electron chi connectivity index (χ4n) is 7.36. The van der Waals surface area contributed by atoms with Crippen molar-refractivity contribution in [1.82, 2.24) is 0 Å². The van der Waals surface area contributed by atoms with E-state index in [9.17, 15) is 0 Å². The summed E-state index contributed by atoms with van der Waals surface area (Å²) in [4.78, 5) is 25.6. The summed E-state index contributed by atoms with van der Waals surface area (Å²) in [5.41, 5.74) is 0. The van der Waals surface area contributed by atoms with Crippen LogP contribution in [-0.2, 0) is 71.6 Å². The normalized spacial score (nSPS) is 11.1. The van der Waals surface area contributed by atoms with Crippen molar-refractivity contribution in [1.29, 1.82) is 0 Å². The van der Waals surface area contributed by atoms with Gasteiger partial charge in [0.2, 0.25) is 0 Å². The number of rotatable bonds is 12. The Bertz CT molecular complexity index is 2770. The van der Waals surface area contributed by atoms with Crippen molar-refractivity contribution in [2.75, 3.05) is 0 Å². The van der Waals surface area contributed by atoms with E-state index in [1.54, 1.807) is 0 Å². The van der Waals surface area contributed by atoms with Crippen LogP contribution in [0, 0.1) is 0 Å². The molecule has 0 aromatic heterocycles. The van der Waals surface area contributed by atoms with E-state index in [-0.39, 0.29) is 0 Å². The van der Waals surface area contributed by atoms with Crippen LogP contribution in [0.2, 0.25) is 0 Å². The predicted octanol–water partition coefficient (Wildman–Crippen LogP) is 7.50. The number of hydrogen-bond donors (Lipinski definition) is 0. The first-order valence-electron chi connectivity index (χ1n) is 25.6. The van der Waals surface area contributed by atoms with Crippen LogP contribution in [-0.4, -0.2) is 0 Å². The Balaban J connectivity index is 0.000000138. The third-order valence-electron chi connectivity index (χ3n) is 10.7. The van der Waals surface area contributed by atoms with E-state index < -0.39 is 74.9 Å². The summed E-state index contributed by atoms with van der Waals surface area (Å²) >= 11 is -4.20. The van der Waals surface area contributed by atoms with Gasteiger partial charge in [-0.05, 0) is 0 Å². The molecular weight excluding hydrogens is 1390 g/mol. The van der Waals surface area contributed by atoms with Crippen LogP contribution >= 0.6 is 7.82 Å². The van der Waals surface area contributed by atoms with E-state index in [2.05, 4.69) is 364 Å². The molecule has 0 unspecified atom stereocenters. The van der Waals surface area contributed by atoms with Gasteiger partial charge in [0, 0.05) is 0 Å². The van der Waals surface area contributed by atoms with Crippen molar-refractivity contribution in [2.45, 2.75) is 0 Å². The van der Waals surface area contributed by atoms with Gasteiger partial charge < -0.3 is 19.2 Å². The zero-order valence-electron chi connectivity index (χ0n) is 44.0. The Morgan fingerprint density at radius 2 is 0.222 bits per heavy atom. The Morgan fingerprint density at radius 3 is 0.284 bits per heavy atom. The van der Waals surface area contributed by atoms with Crippen LogP contribution in [0.3, 0.4) is 0 Å². The molecular formula is C72H60O4PPd4-3. The minimum atomic E-state index is -5.39. The van der Waals surface area contributed by atoms with E-state index in [4.69, 9.17) is 19.2 Å². The van der Waals surface area contributed by atoms with Crippen LogP contribution in [0.25, 0.3) is 0 Å². The predicted molar refractivity (Wildman–Crippen MR) is 321 cm³/mol. The molecule has 12 aromatic rings. The van der Waals surface area contributed by atoms with Gasteiger partial charge in [0.25, 0.3) is 0 Å². The van der Waals surface area contributed by atoms with Crippen LogP contribution in [0.15, 0.2) is 364 Å². The van der Waals surface area contributed by atoms with Gasteiger partial charge in [-0.15, -0.1) is 0 Å². The Hall–Kier alpha value is -6.60. The summed E-state index contributed by atoms with van der Waals surface area (Å²) in [6, 6.07) is 130. The van der Waals surface area contributed by atoms with E-state index in [1.165, 1.54) is 48.4 Å². The van der Waals surface area contributed by atoms with E-state index in [0.717, 1.165) is 0 Å². The van der Waals surface area contributed by atoms with Crippen LogP contribution in [0.1, 0.15) is 0 Å². The second-order valence-corrected chi connectivity index (χ2v) is 32.8. The Labute approximate surface area is 501 Å². The third-order valence-corrected chi connectivity index (χ3v) is 27.7. The van der Waals surface area contributed by atoms with Gasteiger partial charge in [-0.2, -0.15) is 7.82 Å². The molecule has 0 fully saturated rings. The van der Waals surface area contributed by atoms with Crippen molar-refractivity contribution in [3.63, 3.8) is 0 Å². The minimum absolute atomic E-state index is 1.05. The average Bonchev–Trinajstić information content (AvgIpc) is 3.53. The van der Waals surface area contributed by atoms with E-state index in [0.29, 0.717) is 0 Å². The van der Waals surface area contributed by atoms with Crippen molar-refractivity contribution in [3.05, 3.63) is 364 Å². The van der Waals surface area contributed by atoms with Crippen molar-refractivity contribution < 1.29 is 86.3 Å². The first-order chi connectivity index (χ1) is 39.8. The van der Waals surface area contributed by atoms with Gasteiger partial charge in [0.15, 0.2) is 0 Å². The molecule has 12 aromatic carbocycles. The molecule has 0 saturated heterocycles. The monoisotopic (exact) mass is 1440 g/mol. The summed E-state index contributed by atoms with van der Waals surface area (Å²) in [6.07, 6.45) is 0. The second kappa shape index (κ2) is 33.4. The summed E-state index contributed by atoms with van der Waals surface area (Å²) in [6.45, 7) is 0. The molecule has 4 nitrogen and oxygen atoms in total. The molecule has 0 aliphatic rings. The first-order valence-corrected chi connectivity index (χ1v) is 36.3. The van der Waals surface area contributed by atoms with Crippen LogP contribution < -0.4 is 63.1 Å². The second-order valence-electron chi connectivity index (χ2n) is 16.5. The maximum atomic E-state index is 8.55. The summed E-state index contributed by atoms with van der Waals surface area (Å²) in [5.74, 6) is 0. The summed E-state index contributed by atoms with van der Waals surface area (Å²) in [5, 5.41) is 0. The Morgan fingerprint density at radius 1 is 0.160 bits per heavy atom. The maximum absolute atomic E-state index is 8.55. The SMILES string of the molecule is O=P([O-])([O-])[O-].c1cc[c]([Pd]([c]2ccccc2)[c]2ccccc2)cc1.c1cc[c]([Pd]([c]2ccccc2)[c]2ccccc2)cc1.c1cc[c]([Pd]([c]2ccccc2)[c]2ccccc2)cc1.c1cc[c]([Pd]([c]2ccccc2)[c]2ccccc2)cc1. The van der Waals surface area contributed by atoms with Gasteiger partial charge in [-0.3, -0.25) is 0 Å². The molecule has 0 atom stereocenters. The molecule has 12 rings (SSSR count). The average molecular weight is 1450 g/mol. The van der Waals surface area contributed by atoms with Crippen LogP contribution in [0.4, 0.5) is 0 Å². The molecule has 0 amide bonds. The Kier molecular flexibility index (Phi) is 24.9. The van der Waals surface area contributed by atoms with Crippen molar-refractivity contribution in [3.8, 4) is 0 Å². The zero-order chi connectivity index (χ0) is 56.2. The fourth-order valence-corrected chi connectivity index (χ4v) is 23.4. The molecule has 0 aliphatic carbocycles. The van der Waals surface area contributed by atoms with Crippen molar-refractivity contribution in [2.24, 2.45) is 0 Å². The molecule has 0 saturated carbocycles. The van der Waals surface area contributed by atoms with Gasteiger partial charge in [-0.25, -0.2) is 0 Å². The molecule has 0 N–H and O–H groups in total.